The van der Waals surface area contributed by atoms with E-state index in [0.29, 0.717) is 28.2 Å². The highest BCUT2D eigenvalue weighted by Crippen LogP contribution is 2.42. The minimum absolute atomic E-state index is 0.125. The highest BCUT2D eigenvalue weighted by atomic mass is 16.5. The van der Waals surface area contributed by atoms with Gasteiger partial charge in [-0.2, -0.15) is 0 Å². The molecule has 0 spiro atoms. The number of methoxy groups -OCH3 is 2. The van der Waals surface area contributed by atoms with Gasteiger partial charge in [0, 0.05) is 28.3 Å². The van der Waals surface area contributed by atoms with Gasteiger partial charge in [-0.05, 0) is 61.7 Å². The second-order valence-electron chi connectivity index (χ2n) is 11.6. The summed E-state index contributed by atoms with van der Waals surface area (Å²) in [6, 6.07) is 31.6. The van der Waals surface area contributed by atoms with E-state index in [2.05, 4.69) is 17.2 Å². The van der Waals surface area contributed by atoms with Crippen molar-refractivity contribution in [2.45, 2.75) is 38.9 Å². The van der Waals surface area contributed by atoms with Crippen LogP contribution in [0.1, 0.15) is 54.6 Å². The molecule has 1 heterocycles. The van der Waals surface area contributed by atoms with Crippen LogP contribution >= 0.6 is 0 Å². The number of carbonyl (C=O) groups is 2. The lowest BCUT2D eigenvalue weighted by atomic mass is 9.83. The normalized spacial score (nSPS) is 15.4. The largest absolute Gasteiger partial charge is 0.497 e. The predicted octanol–water partition coefficient (Wildman–Crippen LogP) is 6.66. The van der Waals surface area contributed by atoms with Crippen LogP contribution in [0, 0.1) is 11.8 Å². The summed E-state index contributed by atoms with van der Waals surface area (Å²) in [5, 5.41) is 3.11. The highest BCUT2D eigenvalue weighted by Gasteiger charge is 2.42. The average molecular weight is 585 g/mol. The van der Waals surface area contributed by atoms with Crippen LogP contribution in [0.3, 0.4) is 0 Å². The van der Waals surface area contributed by atoms with Crippen LogP contribution < -0.4 is 14.8 Å². The predicted molar refractivity (Wildman–Crippen MR) is 174 cm³/mol. The summed E-state index contributed by atoms with van der Waals surface area (Å²) in [6.45, 7) is 5.91. The molecule has 0 saturated carbocycles. The van der Waals surface area contributed by atoms with E-state index in [0.717, 1.165) is 22.3 Å². The quantitative estimate of drug-likeness (QED) is 0.203. The molecule has 1 atom stereocenters. The number of hydrogen-bond donors (Lipinski definition) is 1. The Hall–Kier alpha value is -5.28. The number of rotatable bonds is 6. The number of fused-ring (bicyclic) bond motifs is 1. The first-order valence-corrected chi connectivity index (χ1v) is 14.5. The highest BCUT2D eigenvalue weighted by molar-refractivity contribution is 6.31. The van der Waals surface area contributed by atoms with Gasteiger partial charge in [0.2, 0.25) is 5.91 Å². The van der Waals surface area contributed by atoms with Crippen molar-refractivity contribution < 1.29 is 19.1 Å². The number of benzene rings is 4. The van der Waals surface area contributed by atoms with E-state index in [9.17, 15) is 9.59 Å². The zero-order valence-electron chi connectivity index (χ0n) is 25.7. The van der Waals surface area contributed by atoms with Crippen LogP contribution in [0.15, 0.2) is 103 Å². The van der Waals surface area contributed by atoms with Gasteiger partial charge in [0.15, 0.2) is 0 Å². The van der Waals surface area contributed by atoms with Crippen LogP contribution in [-0.2, 0) is 16.1 Å². The molecule has 0 bridgehead atoms. The van der Waals surface area contributed by atoms with Gasteiger partial charge in [-0.15, -0.1) is 0 Å². The molecule has 0 radical (unpaired) electrons. The molecule has 4 aromatic carbocycles. The minimum Gasteiger partial charge on any atom is -0.497 e. The maximum Gasteiger partial charge on any atom is 0.257 e. The summed E-state index contributed by atoms with van der Waals surface area (Å²) >= 11 is 0. The lowest BCUT2D eigenvalue weighted by Gasteiger charge is -2.39. The van der Waals surface area contributed by atoms with E-state index in [1.165, 1.54) is 0 Å². The van der Waals surface area contributed by atoms with Gasteiger partial charge in [0.1, 0.15) is 17.5 Å². The molecule has 1 unspecified atom stereocenters. The third-order valence-corrected chi connectivity index (χ3v) is 7.31. The van der Waals surface area contributed by atoms with Crippen LogP contribution in [0.4, 0.5) is 0 Å². The van der Waals surface area contributed by atoms with Crippen LogP contribution in [-0.4, -0.2) is 36.5 Å². The lowest BCUT2D eigenvalue weighted by Crippen LogP contribution is -2.51. The van der Waals surface area contributed by atoms with E-state index >= 15 is 0 Å². The van der Waals surface area contributed by atoms with E-state index in [1.807, 2.05) is 118 Å². The molecule has 222 valence electrons. The molecule has 6 nitrogen and oxygen atoms in total. The first-order chi connectivity index (χ1) is 21.2. The van der Waals surface area contributed by atoms with Crippen molar-refractivity contribution in [3.63, 3.8) is 0 Å². The molecular formula is C38H36N2O4. The summed E-state index contributed by atoms with van der Waals surface area (Å²) < 4.78 is 11.1. The number of ether oxygens (including phenoxy) is 2. The first-order valence-electron chi connectivity index (χ1n) is 14.5. The number of nitrogens with zero attached hydrogens (tertiary/aromatic N) is 1. The van der Waals surface area contributed by atoms with Crippen LogP contribution in [0.5, 0.6) is 11.5 Å². The molecule has 0 aromatic heterocycles. The van der Waals surface area contributed by atoms with Gasteiger partial charge in [0.05, 0.1) is 26.3 Å². The Morgan fingerprint density at radius 1 is 0.864 bits per heavy atom. The van der Waals surface area contributed by atoms with Gasteiger partial charge >= 0.3 is 0 Å². The molecule has 2 amide bonds. The topological polar surface area (TPSA) is 67.9 Å². The maximum atomic E-state index is 14.9. The van der Waals surface area contributed by atoms with E-state index in [1.54, 1.807) is 25.2 Å². The Morgan fingerprint density at radius 3 is 2.18 bits per heavy atom. The summed E-state index contributed by atoms with van der Waals surface area (Å²) in [6.07, 6.45) is 0. The van der Waals surface area contributed by atoms with Gasteiger partial charge < -0.3 is 19.7 Å². The van der Waals surface area contributed by atoms with Crippen molar-refractivity contribution in [3.8, 4) is 23.3 Å². The van der Waals surface area contributed by atoms with Crippen LogP contribution in [0.2, 0.25) is 0 Å². The van der Waals surface area contributed by atoms with Crippen molar-refractivity contribution in [3.05, 3.63) is 131 Å². The summed E-state index contributed by atoms with van der Waals surface area (Å²) in [5.41, 5.74) is 4.33. The first kappa shape index (κ1) is 30.2. The average Bonchev–Trinajstić information content (AvgIpc) is 3.02. The second-order valence-corrected chi connectivity index (χ2v) is 11.6. The number of nitrogens with one attached hydrogen (secondary N) is 1. The van der Waals surface area contributed by atoms with Gasteiger partial charge in [0.25, 0.3) is 5.91 Å². The molecule has 0 fully saturated rings. The lowest BCUT2D eigenvalue weighted by molar-refractivity contribution is -0.139. The van der Waals surface area contributed by atoms with E-state index in [4.69, 9.17) is 9.47 Å². The minimum atomic E-state index is -0.882. The van der Waals surface area contributed by atoms with Crippen molar-refractivity contribution in [1.29, 1.82) is 0 Å². The molecule has 44 heavy (non-hydrogen) atoms. The molecule has 1 aliphatic heterocycles. The Balaban J connectivity index is 1.77. The Bertz CT molecular complexity index is 1760. The molecule has 1 aliphatic rings. The number of allylic oxidation sites excluding steroid dienone is 1. The zero-order chi connectivity index (χ0) is 31.3. The molecule has 0 aliphatic carbocycles. The fraction of sp³-hybridized carbons (Fsp3) is 0.211. The third kappa shape index (κ3) is 6.53. The molecule has 1 N–H and O–H groups in total. The fourth-order valence-electron chi connectivity index (χ4n) is 5.34. The third-order valence-electron chi connectivity index (χ3n) is 7.31. The number of hydrogen-bond acceptors (Lipinski definition) is 4. The van der Waals surface area contributed by atoms with Crippen LogP contribution in [0.25, 0.3) is 11.1 Å². The Labute approximate surface area is 259 Å². The summed E-state index contributed by atoms with van der Waals surface area (Å²) in [4.78, 5) is 30.5. The van der Waals surface area contributed by atoms with E-state index < -0.39 is 11.6 Å². The number of amides is 2. The maximum absolute atomic E-state index is 14.9. The molecular weight excluding hydrogens is 548 g/mol. The second kappa shape index (κ2) is 12.9. The monoisotopic (exact) mass is 584 g/mol. The van der Waals surface area contributed by atoms with Gasteiger partial charge in [-0.25, -0.2) is 0 Å². The standard InChI is InChI=1S/C38H36N2O4/c1-38(2,3)39-36(41)35-32-19-13-12-18-31(32)34(37(42)40(35)25-28-21-22-29(43-4)24-33(28)44-5)30(27-16-10-7-11-17-27)23-20-26-14-8-6-9-15-26/h6-19,21-22,24,35H,25H2,1-5H3,(H,39,41)/b34-30+. The van der Waals surface area contributed by atoms with Crippen molar-refractivity contribution in [2.75, 3.05) is 14.2 Å². The summed E-state index contributed by atoms with van der Waals surface area (Å²) in [7, 11) is 3.17. The fourth-order valence-corrected chi connectivity index (χ4v) is 5.34. The van der Waals surface area contributed by atoms with E-state index in [-0.39, 0.29) is 18.4 Å². The van der Waals surface area contributed by atoms with Gasteiger partial charge in [-0.1, -0.05) is 84.6 Å². The Morgan fingerprint density at radius 2 is 1.52 bits per heavy atom. The van der Waals surface area contributed by atoms with Crippen molar-refractivity contribution in [1.82, 2.24) is 10.2 Å². The molecule has 6 heteroatoms. The molecule has 0 saturated heterocycles. The SMILES string of the molecule is COc1ccc(CN2C(=O)/C(=C(\C#Cc3ccccc3)c3ccccc3)c3ccccc3C2C(=O)NC(C)(C)C)c(OC)c1. The Kier molecular flexibility index (Phi) is 8.87. The molecule has 5 rings (SSSR count). The van der Waals surface area contributed by atoms with Crippen molar-refractivity contribution in [2.24, 2.45) is 0 Å². The molecule has 4 aromatic rings. The van der Waals surface area contributed by atoms with Crippen molar-refractivity contribution >= 4 is 23.0 Å². The smallest absolute Gasteiger partial charge is 0.257 e. The summed E-state index contributed by atoms with van der Waals surface area (Å²) in [5.74, 6) is 7.23. The van der Waals surface area contributed by atoms with Gasteiger partial charge in [-0.3, -0.25) is 9.59 Å². The number of carbonyl (C=O) groups excluding carboxylic acids is 2. The zero-order valence-corrected chi connectivity index (χ0v) is 25.7.